The van der Waals surface area contributed by atoms with Crippen LogP contribution in [0, 0.1) is 0 Å². The molecule has 0 aliphatic carbocycles. The molecular formula is C12H7Cl3N2O. The molecule has 18 heavy (non-hydrogen) atoms. The summed E-state index contributed by atoms with van der Waals surface area (Å²) in [6.45, 7) is 0. The summed E-state index contributed by atoms with van der Waals surface area (Å²) in [5.74, 6) is -0.0409. The molecule has 0 bridgehead atoms. The summed E-state index contributed by atoms with van der Waals surface area (Å²) >= 11 is 17.6. The molecule has 0 spiro atoms. The van der Waals surface area contributed by atoms with Crippen LogP contribution in [0.15, 0.2) is 36.5 Å². The van der Waals surface area contributed by atoms with E-state index < -0.39 is 5.91 Å². The van der Waals surface area contributed by atoms with Crippen molar-refractivity contribution in [3.63, 3.8) is 0 Å². The van der Waals surface area contributed by atoms with Crippen molar-refractivity contribution in [2.75, 3.05) is 5.32 Å². The number of carbonyl (C=O) groups is 1. The van der Waals surface area contributed by atoms with Gasteiger partial charge in [-0.05, 0) is 24.3 Å². The molecule has 0 unspecified atom stereocenters. The zero-order valence-corrected chi connectivity index (χ0v) is 11.2. The van der Waals surface area contributed by atoms with Crippen LogP contribution in [0.3, 0.4) is 0 Å². The Morgan fingerprint density at radius 1 is 1.17 bits per heavy atom. The highest BCUT2D eigenvalue weighted by Gasteiger charge is 2.13. The number of pyridine rings is 1. The predicted molar refractivity (Wildman–Crippen MR) is 73.7 cm³/mol. The molecule has 0 fully saturated rings. The number of anilines is 1. The standard InChI is InChI=1S/C12H7Cl3N2O/c13-7-4-5-16-10(6-7)17-12(18)8-2-1-3-9(14)11(8)15/h1-6H,(H,16,17,18). The highest BCUT2D eigenvalue weighted by Crippen LogP contribution is 2.26. The van der Waals surface area contributed by atoms with E-state index in [1.807, 2.05) is 0 Å². The van der Waals surface area contributed by atoms with E-state index in [2.05, 4.69) is 10.3 Å². The Bertz CT molecular complexity index is 602. The quantitative estimate of drug-likeness (QED) is 0.899. The van der Waals surface area contributed by atoms with E-state index in [1.165, 1.54) is 12.3 Å². The number of amides is 1. The molecule has 92 valence electrons. The fourth-order valence-corrected chi connectivity index (χ4v) is 1.88. The van der Waals surface area contributed by atoms with Gasteiger partial charge in [0.25, 0.3) is 5.91 Å². The number of nitrogens with zero attached hydrogens (tertiary/aromatic N) is 1. The van der Waals surface area contributed by atoms with Crippen molar-refractivity contribution in [2.45, 2.75) is 0 Å². The fourth-order valence-electron chi connectivity index (χ4n) is 1.34. The average Bonchev–Trinajstić information content (AvgIpc) is 2.32. The SMILES string of the molecule is O=C(Nc1cc(Cl)ccn1)c1cccc(Cl)c1Cl. The molecule has 1 amide bonds. The second kappa shape index (κ2) is 5.57. The zero-order chi connectivity index (χ0) is 13.1. The van der Waals surface area contributed by atoms with Crippen molar-refractivity contribution < 1.29 is 4.79 Å². The summed E-state index contributed by atoms with van der Waals surface area (Å²) in [4.78, 5) is 15.9. The molecule has 3 nitrogen and oxygen atoms in total. The van der Waals surface area contributed by atoms with Gasteiger partial charge in [0.1, 0.15) is 5.82 Å². The molecular weight excluding hydrogens is 295 g/mol. The number of halogens is 3. The minimum absolute atomic E-state index is 0.207. The van der Waals surface area contributed by atoms with Gasteiger partial charge in [-0.2, -0.15) is 0 Å². The smallest absolute Gasteiger partial charge is 0.258 e. The molecule has 2 rings (SSSR count). The normalized spacial score (nSPS) is 10.2. The van der Waals surface area contributed by atoms with E-state index in [4.69, 9.17) is 34.8 Å². The third-order valence-electron chi connectivity index (χ3n) is 2.16. The van der Waals surface area contributed by atoms with Gasteiger partial charge in [-0.1, -0.05) is 40.9 Å². The summed E-state index contributed by atoms with van der Waals surface area (Å²) in [6, 6.07) is 7.99. The van der Waals surface area contributed by atoms with Crippen LogP contribution >= 0.6 is 34.8 Å². The van der Waals surface area contributed by atoms with Crippen molar-refractivity contribution >= 4 is 46.5 Å². The summed E-state index contributed by atoms with van der Waals surface area (Å²) in [7, 11) is 0. The Hall–Kier alpha value is -1.29. The lowest BCUT2D eigenvalue weighted by Gasteiger charge is -2.06. The van der Waals surface area contributed by atoms with Gasteiger partial charge in [-0.25, -0.2) is 4.98 Å². The first-order valence-electron chi connectivity index (χ1n) is 4.95. The topological polar surface area (TPSA) is 42.0 Å². The summed E-state index contributed by atoms with van der Waals surface area (Å²) in [5.41, 5.74) is 0.283. The van der Waals surface area contributed by atoms with Crippen LogP contribution in [0.4, 0.5) is 5.82 Å². The van der Waals surface area contributed by atoms with Gasteiger partial charge in [-0.15, -0.1) is 0 Å². The summed E-state index contributed by atoms with van der Waals surface area (Å²) < 4.78 is 0. The van der Waals surface area contributed by atoms with E-state index in [1.54, 1.807) is 24.3 Å². The Labute approximate surface area is 119 Å². The van der Waals surface area contributed by atoms with Crippen LogP contribution in [0.2, 0.25) is 15.1 Å². The van der Waals surface area contributed by atoms with Crippen molar-refractivity contribution in [1.29, 1.82) is 0 Å². The average molecular weight is 302 g/mol. The van der Waals surface area contributed by atoms with Crippen LogP contribution in [0.5, 0.6) is 0 Å². The second-order valence-electron chi connectivity index (χ2n) is 3.41. The molecule has 0 atom stereocenters. The van der Waals surface area contributed by atoms with Gasteiger partial charge in [-0.3, -0.25) is 4.79 Å². The van der Waals surface area contributed by atoms with Gasteiger partial charge >= 0.3 is 0 Å². The fraction of sp³-hybridized carbons (Fsp3) is 0. The number of carbonyl (C=O) groups excluding carboxylic acids is 1. The highest BCUT2D eigenvalue weighted by molar-refractivity contribution is 6.44. The van der Waals surface area contributed by atoms with E-state index in [0.717, 1.165) is 0 Å². The number of hydrogen-bond acceptors (Lipinski definition) is 2. The predicted octanol–water partition coefficient (Wildman–Crippen LogP) is 4.29. The molecule has 1 aromatic carbocycles. The molecule has 1 N–H and O–H groups in total. The van der Waals surface area contributed by atoms with Crippen LogP contribution in [0.25, 0.3) is 0 Å². The Balaban J connectivity index is 2.25. The first-order valence-corrected chi connectivity index (χ1v) is 6.08. The highest BCUT2D eigenvalue weighted by atomic mass is 35.5. The number of aromatic nitrogens is 1. The lowest BCUT2D eigenvalue weighted by atomic mass is 10.2. The monoisotopic (exact) mass is 300 g/mol. The van der Waals surface area contributed by atoms with Crippen LogP contribution in [-0.4, -0.2) is 10.9 Å². The molecule has 0 aliphatic rings. The van der Waals surface area contributed by atoms with Crippen LogP contribution < -0.4 is 5.32 Å². The van der Waals surface area contributed by atoms with Gasteiger partial charge in [0, 0.05) is 11.2 Å². The van der Waals surface area contributed by atoms with Crippen LogP contribution in [-0.2, 0) is 0 Å². The van der Waals surface area contributed by atoms with Gasteiger partial charge in [0.2, 0.25) is 0 Å². The maximum absolute atomic E-state index is 12.0. The first kappa shape index (κ1) is 13.1. The molecule has 0 aliphatic heterocycles. The first-order chi connectivity index (χ1) is 8.58. The van der Waals surface area contributed by atoms with E-state index >= 15 is 0 Å². The van der Waals surface area contributed by atoms with Gasteiger partial charge in [0.05, 0.1) is 15.6 Å². The van der Waals surface area contributed by atoms with Crippen molar-refractivity contribution in [1.82, 2.24) is 4.98 Å². The van der Waals surface area contributed by atoms with Crippen molar-refractivity contribution in [3.8, 4) is 0 Å². The number of rotatable bonds is 2. The summed E-state index contributed by atoms with van der Waals surface area (Å²) in [6.07, 6.45) is 1.50. The van der Waals surface area contributed by atoms with E-state index in [-0.39, 0.29) is 10.6 Å². The third kappa shape index (κ3) is 2.93. The Kier molecular flexibility index (Phi) is 4.07. The summed E-state index contributed by atoms with van der Waals surface area (Å²) in [5, 5.41) is 3.60. The van der Waals surface area contributed by atoms with Crippen molar-refractivity contribution in [3.05, 3.63) is 57.2 Å². The van der Waals surface area contributed by atoms with E-state index in [9.17, 15) is 4.79 Å². The maximum atomic E-state index is 12.0. The number of benzene rings is 1. The molecule has 6 heteroatoms. The Morgan fingerprint density at radius 3 is 2.67 bits per heavy atom. The minimum atomic E-state index is -0.391. The van der Waals surface area contributed by atoms with Gasteiger partial charge in [0.15, 0.2) is 0 Å². The third-order valence-corrected chi connectivity index (χ3v) is 3.21. The number of hydrogen-bond donors (Lipinski definition) is 1. The van der Waals surface area contributed by atoms with Crippen LogP contribution in [0.1, 0.15) is 10.4 Å². The minimum Gasteiger partial charge on any atom is -0.306 e. The number of nitrogens with one attached hydrogen (secondary N) is 1. The zero-order valence-electron chi connectivity index (χ0n) is 8.95. The maximum Gasteiger partial charge on any atom is 0.258 e. The largest absolute Gasteiger partial charge is 0.306 e. The van der Waals surface area contributed by atoms with Gasteiger partial charge < -0.3 is 5.32 Å². The Morgan fingerprint density at radius 2 is 1.94 bits per heavy atom. The lowest BCUT2D eigenvalue weighted by Crippen LogP contribution is -2.13. The molecule has 1 aromatic heterocycles. The molecule has 0 saturated carbocycles. The molecule has 0 radical (unpaired) electrons. The van der Waals surface area contributed by atoms with Crippen molar-refractivity contribution in [2.24, 2.45) is 0 Å². The molecule has 1 heterocycles. The van der Waals surface area contributed by atoms with E-state index in [0.29, 0.717) is 15.9 Å². The second-order valence-corrected chi connectivity index (χ2v) is 4.64. The molecule has 0 saturated heterocycles. The lowest BCUT2D eigenvalue weighted by molar-refractivity contribution is 0.102. The molecule has 2 aromatic rings.